The van der Waals surface area contributed by atoms with Gasteiger partial charge in [0.05, 0.1) is 19.4 Å². The molecule has 1 N–H and O–H groups in total. The van der Waals surface area contributed by atoms with Gasteiger partial charge < -0.3 is 14.6 Å². The van der Waals surface area contributed by atoms with Crippen LogP contribution in [0.2, 0.25) is 0 Å². The third kappa shape index (κ3) is 4.45. The molecule has 5 heteroatoms. The minimum absolute atomic E-state index is 0.132. The Hall–Kier alpha value is -2.04. The maximum atomic E-state index is 11.5. The number of ether oxygens (including phenoxy) is 2. The number of carboxylic acid groups (broad SMARTS) is 1. The van der Waals surface area contributed by atoms with Crippen LogP contribution >= 0.6 is 0 Å². The Kier molecular flexibility index (Phi) is 5.17. The van der Waals surface area contributed by atoms with Crippen molar-refractivity contribution in [1.29, 1.82) is 0 Å². The van der Waals surface area contributed by atoms with E-state index in [1.54, 1.807) is 31.4 Å². The fraction of sp³-hybridized carbons (Fsp3) is 0.385. The van der Waals surface area contributed by atoms with E-state index < -0.39 is 17.9 Å². The Labute approximate surface area is 105 Å². The first-order valence-corrected chi connectivity index (χ1v) is 5.54. The number of esters is 1. The number of carboxylic acids is 1. The van der Waals surface area contributed by atoms with Crippen molar-refractivity contribution < 1.29 is 24.2 Å². The van der Waals surface area contributed by atoms with Crippen LogP contribution in [0.25, 0.3) is 0 Å². The third-order valence-electron chi connectivity index (χ3n) is 2.42. The summed E-state index contributed by atoms with van der Waals surface area (Å²) in [6.07, 6.45) is -0.221. The van der Waals surface area contributed by atoms with E-state index >= 15 is 0 Å². The summed E-state index contributed by atoms with van der Waals surface area (Å²) in [4.78, 5) is 21.9. The van der Waals surface area contributed by atoms with Crippen molar-refractivity contribution in [2.24, 2.45) is 5.92 Å². The van der Waals surface area contributed by atoms with Gasteiger partial charge in [-0.3, -0.25) is 9.59 Å². The normalized spacial score (nSPS) is 11.7. The predicted molar refractivity (Wildman–Crippen MR) is 64.2 cm³/mol. The summed E-state index contributed by atoms with van der Waals surface area (Å²) in [6.45, 7) is 1.66. The summed E-state index contributed by atoms with van der Waals surface area (Å²) in [5.41, 5.74) is 0.826. The molecule has 0 saturated carbocycles. The number of rotatable bonds is 6. The second-order valence-corrected chi connectivity index (χ2v) is 3.95. The van der Waals surface area contributed by atoms with Gasteiger partial charge in [-0.2, -0.15) is 0 Å². The molecule has 0 fully saturated rings. The molecule has 1 aromatic rings. The Bertz CT molecular complexity index is 410. The molecule has 0 bridgehead atoms. The lowest BCUT2D eigenvalue weighted by atomic mass is 10.1. The van der Waals surface area contributed by atoms with Crippen LogP contribution in [-0.4, -0.2) is 24.2 Å². The molecule has 0 amide bonds. The third-order valence-corrected chi connectivity index (χ3v) is 2.42. The number of hydrogen-bond donors (Lipinski definition) is 1. The maximum absolute atomic E-state index is 11.5. The highest BCUT2D eigenvalue weighted by Crippen LogP contribution is 2.13. The largest absolute Gasteiger partial charge is 0.497 e. The smallest absolute Gasteiger partial charge is 0.309 e. The predicted octanol–water partition coefficient (Wildman–Crippen LogP) is 1.85. The van der Waals surface area contributed by atoms with Gasteiger partial charge in [0.2, 0.25) is 0 Å². The molecule has 18 heavy (non-hydrogen) atoms. The molecule has 5 nitrogen and oxygen atoms in total. The van der Waals surface area contributed by atoms with E-state index in [-0.39, 0.29) is 13.0 Å². The van der Waals surface area contributed by atoms with Crippen molar-refractivity contribution in [3.8, 4) is 5.75 Å². The fourth-order valence-electron chi connectivity index (χ4n) is 1.36. The molecular formula is C13H16O5. The van der Waals surface area contributed by atoms with Crippen molar-refractivity contribution in [3.63, 3.8) is 0 Å². The summed E-state index contributed by atoms with van der Waals surface area (Å²) in [7, 11) is 1.57. The Balaban J connectivity index is 2.44. The molecule has 0 aliphatic rings. The standard InChI is InChI=1S/C13H16O5/c1-9(7-12(14)15)13(16)18-8-10-3-5-11(17-2)6-4-10/h3-6,9H,7-8H2,1-2H3,(H,14,15)/t9-/m1/s1. The SMILES string of the molecule is COc1ccc(COC(=O)[C@H](C)CC(=O)O)cc1. The molecule has 0 radical (unpaired) electrons. The van der Waals surface area contributed by atoms with Gasteiger partial charge in [0, 0.05) is 0 Å². The summed E-state index contributed by atoms with van der Waals surface area (Å²) < 4.78 is 10.0. The molecule has 0 aliphatic heterocycles. The lowest BCUT2D eigenvalue weighted by Crippen LogP contribution is -2.17. The monoisotopic (exact) mass is 252 g/mol. The van der Waals surface area contributed by atoms with E-state index in [2.05, 4.69) is 0 Å². The molecule has 0 spiro atoms. The quantitative estimate of drug-likeness (QED) is 0.782. The molecule has 0 aromatic heterocycles. The zero-order chi connectivity index (χ0) is 13.5. The Morgan fingerprint density at radius 1 is 1.28 bits per heavy atom. The second kappa shape index (κ2) is 6.64. The van der Waals surface area contributed by atoms with E-state index in [0.29, 0.717) is 0 Å². The van der Waals surface area contributed by atoms with Gasteiger partial charge in [0.25, 0.3) is 0 Å². The minimum atomic E-state index is -1.01. The van der Waals surface area contributed by atoms with Crippen molar-refractivity contribution >= 4 is 11.9 Å². The van der Waals surface area contributed by atoms with Crippen LogP contribution in [-0.2, 0) is 20.9 Å². The highest BCUT2D eigenvalue weighted by molar-refractivity contribution is 5.78. The molecule has 1 aromatic carbocycles. The highest BCUT2D eigenvalue weighted by Gasteiger charge is 2.17. The summed E-state index contributed by atoms with van der Waals surface area (Å²) in [6, 6.07) is 7.11. The van der Waals surface area contributed by atoms with Crippen LogP contribution in [0, 0.1) is 5.92 Å². The average Bonchev–Trinajstić information content (AvgIpc) is 2.35. The van der Waals surface area contributed by atoms with Crippen molar-refractivity contribution in [2.75, 3.05) is 7.11 Å². The van der Waals surface area contributed by atoms with Crippen LogP contribution < -0.4 is 4.74 Å². The van der Waals surface area contributed by atoms with Crippen LogP contribution in [0.5, 0.6) is 5.75 Å². The van der Waals surface area contributed by atoms with Crippen LogP contribution in [0.3, 0.4) is 0 Å². The Morgan fingerprint density at radius 3 is 2.39 bits per heavy atom. The maximum Gasteiger partial charge on any atom is 0.309 e. The van der Waals surface area contributed by atoms with E-state index in [4.69, 9.17) is 14.6 Å². The molecule has 0 saturated heterocycles. The van der Waals surface area contributed by atoms with Gasteiger partial charge in [-0.15, -0.1) is 0 Å². The molecule has 1 atom stereocenters. The zero-order valence-corrected chi connectivity index (χ0v) is 10.4. The van der Waals surface area contributed by atoms with E-state index in [1.807, 2.05) is 0 Å². The lowest BCUT2D eigenvalue weighted by molar-refractivity contribution is -0.153. The van der Waals surface area contributed by atoms with Gasteiger partial charge >= 0.3 is 11.9 Å². The first kappa shape index (κ1) is 14.0. The van der Waals surface area contributed by atoms with Gasteiger partial charge in [-0.05, 0) is 17.7 Å². The number of benzene rings is 1. The van der Waals surface area contributed by atoms with Crippen LogP contribution in [0.15, 0.2) is 24.3 Å². The van der Waals surface area contributed by atoms with Gasteiger partial charge in [-0.1, -0.05) is 19.1 Å². The zero-order valence-electron chi connectivity index (χ0n) is 10.4. The summed E-state index contributed by atoms with van der Waals surface area (Å²) >= 11 is 0. The topological polar surface area (TPSA) is 72.8 Å². The molecule has 0 unspecified atom stereocenters. The van der Waals surface area contributed by atoms with Crippen molar-refractivity contribution in [2.45, 2.75) is 20.0 Å². The first-order chi connectivity index (χ1) is 8.52. The number of hydrogen-bond acceptors (Lipinski definition) is 4. The average molecular weight is 252 g/mol. The highest BCUT2D eigenvalue weighted by atomic mass is 16.5. The number of carbonyl (C=O) groups is 2. The molecule has 0 heterocycles. The van der Waals surface area contributed by atoms with E-state index in [9.17, 15) is 9.59 Å². The van der Waals surface area contributed by atoms with Gasteiger partial charge in [0.1, 0.15) is 12.4 Å². The fourth-order valence-corrected chi connectivity index (χ4v) is 1.36. The number of methoxy groups -OCH3 is 1. The number of aliphatic carboxylic acids is 1. The molecule has 1 rings (SSSR count). The van der Waals surface area contributed by atoms with Gasteiger partial charge in [0.15, 0.2) is 0 Å². The summed E-state index contributed by atoms with van der Waals surface area (Å²) in [5.74, 6) is -1.43. The van der Waals surface area contributed by atoms with Crippen LogP contribution in [0.1, 0.15) is 18.9 Å². The molecular weight excluding hydrogens is 236 g/mol. The van der Waals surface area contributed by atoms with Crippen LogP contribution in [0.4, 0.5) is 0 Å². The minimum Gasteiger partial charge on any atom is -0.497 e. The van der Waals surface area contributed by atoms with E-state index in [1.165, 1.54) is 6.92 Å². The van der Waals surface area contributed by atoms with Gasteiger partial charge in [-0.25, -0.2) is 0 Å². The first-order valence-electron chi connectivity index (χ1n) is 5.54. The number of carbonyl (C=O) groups excluding carboxylic acids is 1. The molecule has 0 aliphatic carbocycles. The van der Waals surface area contributed by atoms with E-state index in [0.717, 1.165) is 11.3 Å². The lowest BCUT2D eigenvalue weighted by Gasteiger charge is -2.09. The van der Waals surface area contributed by atoms with Crippen molar-refractivity contribution in [3.05, 3.63) is 29.8 Å². The summed E-state index contributed by atoms with van der Waals surface area (Å²) in [5, 5.41) is 8.55. The Morgan fingerprint density at radius 2 is 1.89 bits per heavy atom. The second-order valence-electron chi connectivity index (χ2n) is 3.95. The molecule has 98 valence electrons. The van der Waals surface area contributed by atoms with Crippen molar-refractivity contribution in [1.82, 2.24) is 0 Å².